The van der Waals surface area contributed by atoms with Gasteiger partial charge in [-0.25, -0.2) is 0 Å². The van der Waals surface area contributed by atoms with Gasteiger partial charge in [0.2, 0.25) is 0 Å². The molecule has 4 aromatic rings. The molecule has 2 aromatic carbocycles. The van der Waals surface area contributed by atoms with Crippen molar-refractivity contribution in [3.8, 4) is 11.5 Å². The number of benzene rings is 2. The van der Waals surface area contributed by atoms with E-state index in [0.717, 1.165) is 22.2 Å². The summed E-state index contributed by atoms with van der Waals surface area (Å²) < 4.78 is 0. The molecule has 0 unspecified atom stereocenters. The standard InChI is InChI=1S/2C10H9NO.2C3H7O.Ti/c2*1-7-5-6-8-3-2-4-9(12)10(8)11-7;2*1-3(2)4;/h2*2-6,12H,1H3;2*3H,1-2H3;/q;;2*-1;+4/p-2. The molecule has 2 heterocycles. The number of para-hydroxylation sites is 2. The normalized spacial score (nSPS) is 9.76. The fraction of sp³-hybridized carbons (Fsp3) is 0.308. The monoisotopic (exact) mass is 482 g/mol. The van der Waals surface area contributed by atoms with Crippen LogP contribution in [-0.2, 0) is 21.7 Å². The van der Waals surface area contributed by atoms with Gasteiger partial charge in [-0.05, 0) is 36.8 Å². The van der Waals surface area contributed by atoms with Crippen molar-refractivity contribution >= 4 is 21.8 Å². The maximum atomic E-state index is 11.3. The van der Waals surface area contributed by atoms with Crippen LogP contribution in [0.5, 0.6) is 11.5 Å². The van der Waals surface area contributed by atoms with Gasteiger partial charge in [0.1, 0.15) is 0 Å². The van der Waals surface area contributed by atoms with Crippen molar-refractivity contribution in [2.45, 2.75) is 53.8 Å². The summed E-state index contributed by atoms with van der Waals surface area (Å²) in [4.78, 5) is 8.33. The zero-order valence-corrected chi connectivity index (χ0v) is 21.5. The second-order valence-electron chi connectivity index (χ2n) is 7.66. The van der Waals surface area contributed by atoms with E-state index in [1.54, 1.807) is 39.8 Å². The molecule has 0 aliphatic carbocycles. The third-order valence-electron chi connectivity index (χ3n) is 3.64. The first-order valence-electron chi connectivity index (χ1n) is 10.4. The summed E-state index contributed by atoms with van der Waals surface area (Å²) in [5, 5.41) is 43.4. The fourth-order valence-corrected chi connectivity index (χ4v) is 2.43. The summed E-state index contributed by atoms with van der Waals surface area (Å²) in [6.45, 7) is 10.2. The smallest absolute Gasteiger partial charge is 0.871 e. The van der Waals surface area contributed by atoms with E-state index in [1.807, 2.05) is 50.2 Å². The third-order valence-corrected chi connectivity index (χ3v) is 3.64. The Bertz CT molecular complexity index is 1020. The van der Waals surface area contributed by atoms with Crippen molar-refractivity contribution < 1.29 is 42.1 Å². The molecule has 33 heavy (non-hydrogen) atoms. The Labute approximate surface area is 210 Å². The van der Waals surface area contributed by atoms with Crippen molar-refractivity contribution in [1.29, 1.82) is 0 Å². The number of rotatable bonds is 0. The zero-order chi connectivity index (χ0) is 24.3. The molecular weight excluding hydrogens is 452 g/mol. The molecule has 0 fully saturated rings. The Kier molecular flexibility index (Phi) is 14.2. The summed E-state index contributed by atoms with van der Waals surface area (Å²) in [5.41, 5.74) is 2.90. The van der Waals surface area contributed by atoms with Crippen LogP contribution in [0.4, 0.5) is 0 Å². The molecule has 0 aliphatic heterocycles. The van der Waals surface area contributed by atoms with Gasteiger partial charge in [0.05, 0.1) is 11.0 Å². The predicted octanol–water partition coefficient (Wildman–Crippen LogP) is 2.74. The van der Waals surface area contributed by atoms with E-state index >= 15 is 0 Å². The summed E-state index contributed by atoms with van der Waals surface area (Å²) >= 11 is 0. The minimum Gasteiger partial charge on any atom is -0.871 e. The molecule has 0 N–H and O–H groups in total. The van der Waals surface area contributed by atoms with Crippen LogP contribution in [0.3, 0.4) is 0 Å². The molecule has 0 saturated heterocycles. The average Bonchev–Trinajstić information content (AvgIpc) is 2.69. The van der Waals surface area contributed by atoms with Crippen molar-refractivity contribution in [2.75, 3.05) is 0 Å². The van der Waals surface area contributed by atoms with Crippen molar-refractivity contribution in [3.63, 3.8) is 0 Å². The minimum atomic E-state index is -0.417. The second-order valence-corrected chi connectivity index (χ2v) is 7.66. The van der Waals surface area contributed by atoms with E-state index in [-0.39, 0.29) is 33.2 Å². The number of pyridine rings is 2. The van der Waals surface area contributed by atoms with Gasteiger partial charge in [0.15, 0.2) is 0 Å². The summed E-state index contributed by atoms with van der Waals surface area (Å²) in [6.07, 6.45) is -0.833. The molecule has 0 radical (unpaired) electrons. The van der Waals surface area contributed by atoms with Gasteiger partial charge in [-0.2, -0.15) is 0 Å². The van der Waals surface area contributed by atoms with Crippen LogP contribution in [0.1, 0.15) is 39.1 Å². The summed E-state index contributed by atoms with van der Waals surface area (Å²) in [7, 11) is 0. The fourth-order valence-electron chi connectivity index (χ4n) is 2.43. The van der Waals surface area contributed by atoms with Crippen LogP contribution in [0.2, 0.25) is 0 Å². The van der Waals surface area contributed by atoms with E-state index in [9.17, 15) is 20.4 Å². The number of hydrogen-bond acceptors (Lipinski definition) is 6. The van der Waals surface area contributed by atoms with Crippen LogP contribution in [-0.4, -0.2) is 22.2 Å². The Morgan fingerprint density at radius 3 is 1.18 bits per heavy atom. The van der Waals surface area contributed by atoms with Crippen LogP contribution < -0.4 is 20.4 Å². The first kappa shape index (κ1) is 30.5. The number of nitrogens with zero attached hydrogens (tertiary/aromatic N) is 2. The Balaban J connectivity index is 0.000000462. The Morgan fingerprint density at radius 2 is 0.879 bits per heavy atom. The largest absolute Gasteiger partial charge is 4.00 e. The molecule has 2 aromatic heterocycles. The topological polar surface area (TPSA) is 118 Å². The van der Waals surface area contributed by atoms with Gasteiger partial charge in [-0.1, -0.05) is 87.7 Å². The van der Waals surface area contributed by atoms with Gasteiger partial charge in [0, 0.05) is 11.4 Å². The van der Waals surface area contributed by atoms with Gasteiger partial charge in [-0.3, -0.25) is 9.97 Å². The van der Waals surface area contributed by atoms with E-state index in [4.69, 9.17) is 0 Å². The maximum absolute atomic E-state index is 11.3. The molecule has 0 bridgehead atoms. The van der Waals surface area contributed by atoms with Crippen molar-refractivity contribution in [2.24, 2.45) is 0 Å². The maximum Gasteiger partial charge on any atom is 4.00 e. The molecule has 0 atom stereocenters. The van der Waals surface area contributed by atoms with Crippen LogP contribution >= 0.6 is 0 Å². The number of fused-ring (bicyclic) bond motifs is 2. The third kappa shape index (κ3) is 11.8. The minimum absolute atomic E-state index is 0. The van der Waals surface area contributed by atoms with Gasteiger partial charge in [-0.15, -0.1) is 12.2 Å². The summed E-state index contributed by atoms with van der Waals surface area (Å²) in [5.74, 6) is -0.00704. The molecule has 0 aliphatic rings. The zero-order valence-electron chi connectivity index (χ0n) is 20.0. The molecule has 0 amide bonds. The number of aryl methyl sites for hydroxylation is 2. The van der Waals surface area contributed by atoms with Gasteiger partial charge in [0.25, 0.3) is 0 Å². The molecule has 0 spiro atoms. The SMILES string of the molecule is CC(C)[O-].CC(C)[O-].Cc1ccc2cccc([O-])c2n1.Cc1ccc2cccc([O-])c2n1.[Ti+4]. The van der Waals surface area contributed by atoms with Crippen LogP contribution in [0.25, 0.3) is 21.8 Å². The van der Waals surface area contributed by atoms with Gasteiger partial charge >= 0.3 is 21.7 Å². The molecule has 172 valence electrons. The molecule has 4 rings (SSSR count). The first-order valence-corrected chi connectivity index (χ1v) is 10.4. The van der Waals surface area contributed by atoms with Gasteiger partial charge < -0.3 is 20.4 Å². The quantitative estimate of drug-likeness (QED) is 0.356. The number of aromatic nitrogens is 2. The van der Waals surface area contributed by atoms with Crippen molar-refractivity contribution in [3.05, 3.63) is 72.1 Å². The van der Waals surface area contributed by atoms with E-state index in [2.05, 4.69) is 9.97 Å². The van der Waals surface area contributed by atoms with Crippen molar-refractivity contribution in [1.82, 2.24) is 9.97 Å². The molecule has 6 nitrogen and oxygen atoms in total. The summed E-state index contributed by atoms with van der Waals surface area (Å²) in [6, 6.07) is 18.0. The van der Waals surface area contributed by atoms with Crippen LogP contribution in [0.15, 0.2) is 60.7 Å². The Hall–Kier alpha value is -2.51. The first-order chi connectivity index (χ1) is 15.0. The molecule has 0 saturated carbocycles. The van der Waals surface area contributed by atoms with E-state index in [0.29, 0.717) is 11.0 Å². The van der Waals surface area contributed by atoms with E-state index < -0.39 is 12.2 Å². The van der Waals surface area contributed by atoms with Crippen LogP contribution in [0, 0.1) is 13.8 Å². The molecule has 7 heteroatoms. The Morgan fingerprint density at radius 1 is 0.576 bits per heavy atom. The predicted molar refractivity (Wildman–Crippen MR) is 122 cm³/mol. The average molecular weight is 482 g/mol. The van der Waals surface area contributed by atoms with E-state index in [1.165, 1.54) is 12.1 Å². The second kappa shape index (κ2) is 15.4. The molecular formula is C26H30N2O4Ti. The number of hydrogen-bond donors (Lipinski definition) is 0.